The largest absolute Gasteiger partial charge is 0.389 e. The summed E-state index contributed by atoms with van der Waals surface area (Å²) in [7, 11) is 0. The molecule has 0 saturated carbocycles. The molecule has 1 aliphatic heterocycles. The number of β-amino-alcohol motifs (C(OH)–C–C–N with tert-alkyl or cyclic N) is 1. The normalized spacial score (nSPS) is 18.6. The van der Waals surface area contributed by atoms with Gasteiger partial charge in [0.05, 0.1) is 5.60 Å². The van der Waals surface area contributed by atoms with Crippen LogP contribution in [-0.4, -0.2) is 67.6 Å². The van der Waals surface area contributed by atoms with Gasteiger partial charge in [-0.1, -0.05) is 23.2 Å². The van der Waals surface area contributed by atoms with Crippen LogP contribution in [0.3, 0.4) is 0 Å². The number of hydrogen-bond acceptors (Lipinski definition) is 6. The van der Waals surface area contributed by atoms with Crippen molar-refractivity contribution in [2.75, 3.05) is 31.1 Å². The van der Waals surface area contributed by atoms with E-state index in [2.05, 4.69) is 26.9 Å². The molecule has 1 N–H and O–H groups in total. The lowest BCUT2D eigenvalue weighted by atomic mass is 10.1. The van der Waals surface area contributed by atoms with E-state index in [9.17, 15) is 5.11 Å². The maximum Gasteiger partial charge on any atom is 0.185 e. The summed E-state index contributed by atoms with van der Waals surface area (Å²) in [5.74, 6) is 1.46. The fourth-order valence-electron chi connectivity index (χ4n) is 3.86. The summed E-state index contributed by atoms with van der Waals surface area (Å²) in [4.78, 5) is 4.56. The maximum atomic E-state index is 10.1. The molecule has 1 unspecified atom stereocenters. The van der Waals surface area contributed by atoms with Crippen molar-refractivity contribution in [3.8, 4) is 11.4 Å². The highest BCUT2D eigenvalue weighted by Gasteiger charge is 2.28. The first-order valence-corrected chi connectivity index (χ1v) is 10.4. The number of hydrogen-bond donors (Lipinski definition) is 1. The molecule has 3 aromatic rings. The zero-order valence-electron chi connectivity index (χ0n) is 16.7. The molecule has 0 bridgehead atoms. The van der Waals surface area contributed by atoms with Crippen molar-refractivity contribution >= 4 is 34.7 Å². The lowest BCUT2D eigenvalue weighted by molar-refractivity contribution is 0.0307. The number of aliphatic hydroxyl groups is 1. The Labute approximate surface area is 179 Å². The molecular formula is C20H24Cl2N6O. The van der Waals surface area contributed by atoms with Crippen LogP contribution in [0.2, 0.25) is 10.0 Å². The highest BCUT2D eigenvalue weighted by molar-refractivity contribution is 6.35. The number of halogens is 2. The van der Waals surface area contributed by atoms with Gasteiger partial charge >= 0.3 is 0 Å². The van der Waals surface area contributed by atoms with Gasteiger partial charge in [0.2, 0.25) is 0 Å². The van der Waals surface area contributed by atoms with E-state index in [1.54, 1.807) is 22.7 Å². The van der Waals surface area contributed by atoms with Crippen molar-refractivity contribution in [2.45, 2.75) is 32.4 Å². The average Bonchev–Trinajstić information content (AvgIpc) is 3.02. The zero-order valence-corrected chi connectivity index (χ0v) is 18.2. The minimum Gasteiger partial charge on any atom is -0.389 e. The SMILES string of the molecule is CC1CN(CC(C)(C)O)CCN1c1ccc2nnc(-c3cc(Cl)cc(Cl)c3)n2n1. The van der Waals surface area contributed by atoms with E-state index in [-0.39, 0.29) is 6.04 Å². The third-order valence-corrected chi connectivity index (χ3v) is 5.42. The van der Waals surface area contributed by atoms with Gasteiger partial charge in [0.15, 0.2) is 11.5 Å². The number of benzene rings is 1. The third kappa shape index (κ3) is 4.48. The fourth-order valence-corrected chi connectivity index (χ4v) is 4.39. The minimum absolute atomic E-state index is 0.261. The second kappa shape index (κ2) is 7.72. The quantitative estimate of drug-likeness (QED) is 0.678. The molecule has 1 atom stereocenters. The van der Waals surface area contributed by atoms with Crippen LogP contribution >= 0.6 is 23.2 Å². The molecule has 2 aromatic heterocycles. The number of fused-ring (bicyclic) bond motifs is 1. The Kier molecular flexibility index (Phi) is 5.42. The summed E-state index contributed by atoms with van der Waals surface area (Å²) in [6.07, 6.45) is 0. The minimum atomic E-state index is -0.700. The zero-order chi connectivity index (χ0) is 20.8. The van der Waals surface area contributed by atoms with Gasteiger partial charge < -0.3 is 10.0 Å². The summed E-state index contributed by atoms with van der Waals surface area (Å²) >= 11 is 12.3. The van der Waals surface area contributed by atoms with Crippen LogP contribution in [0.25, 0.3) is 17.0 Å². The van der Waals surface area contributed by atoms with Crippen LogP contribution in [0.1, 0.15) is 20.8 Å². The number of piperazine rings is 1. The Hall–Kier alpha value is -1.93. The van der Waals surface area contributed by atoms with Crippen LogP contribution < -0.4 is 4.90 Å². The predicted octanol–water partition coefficient (Wildman–Crippen LogP) is 3.38. The topological polar surface area (TPSA) is 69.8 Å². The van der Waals surface area contributed by atoms with Gasteiger partial charge in [-0.15, -0.1) is 15.3 Å². The lowest BCUT2D eigenvalue weighted by Gasteiger charge is -2.42. The number of aromatic nitrogens is 4. The summed E-state index contributed by atoms with van der Waals surface area (Å²) in [5.41, 5.74) is 0.727. The highest BCUT2D eigenvalue weighted by atomic mass is 35.5. The Balaban J connectivity index is 1.63. The van der Waals surface area contributed by atoms with E-state index in [0.29, 0.717) is 28.1 Å². The molecule has 154 valence electrons. The molecule has 3 heterocycles. The Morgan fingerprint density at radius 2 is 1.83 bits per heavy atom. The van der Waals surface area contributed by atoms with E-state index in [4.69, 9.17) is 28.3 Å². The molecule has 0 aliphatic carbocycles. The molecule has 0 spiro atoms. The Morgan fingerprint density at radius 1 is 1.10 bits per heavy atom. The summed E-state index contributed by atoms with van der Waals surface area (Å²) < 4.78 is 1.73. The molecule has 29 heavy (non-hydrogen) atoms. The van der Waals surface area contributed by atoms with Crippen LogP contribution in [0.4, 0.5) is 5.82 Å². The molecule has 1 aromatic carbocycles. The van der Waals surface area contributed by atoms with E-state index in [1.807, 2.05) is 26.0 Å². The van der Waals surface area contributed by atoms with Gasteiger partial charge in [-0.25, -0.2) is 0 Å². The van der Waals surface area contributed by atoms with Crippen LogP contribution in [0, 0.1) is 0 Å². The second-order valence-corrected chi connectivity index (χ2v) is 9.11. The molecule has 0 radical (unpaired) electrons. The van der Waals surface area contributed by atoms with Gasteiger partial charge in [0.25, 0.3) is 0 Å². The summed E-state index contributed by atoms with van der Waals surface area (Å²) in [6, 6.07) is 9.44. The van der Waals surface area contributed by atoms with Gasteiger partial charge in [0.1, 0.15) is 5.82 Å². The smallest absolute Gasteiger partial charge is 0.185 e. The Morgan fingerprint density at radius 3 is 2.48 bits per heavy atom. The van der Waals surface area contributed by atoms with Crippen molar-refractivity contribution in [3.63, 3.8) is 0 Å². The van der Waals surface area contributed by atoms with E-state index in [1.165, 1.54) is 0 Å². The molecule has 0 amide bonds. The molecule has 1 aliphatic rings. The second-order valence-electron chi connectivity index (χ2n) is 8.23. The first kappa shape index (κ1) is 20.3. The van der Waals surface area contributed by atoms with E-state index < -0.39 is 5.60 Å². The number of rotatable bonds is 4. The van der Waals surface area contributed by atoms with E-state index >= 15 is 0 Å². The summed E-state index contributed by atoms with van der Waals surface area (Å²) in [6.45, 7) is 9.07. The molecule has 1 fully saturated rings. The van der Waals surface area contributed by atoms with Crippen molar-refractivity contribution < 1.29 is 5.11 Å². The van der Waals surface area contributed by atoms with Gasteiger partial charge in [-0.2, -0.15) is 4.52 Å². The van der Waals surface area contributed by atoms with Crippen LogP contribution in [0.5, 0.6) is 0 Å². The lowest BCUT2D eigenvalue weighted by Crippen LogP contribution is -2.55. The van der Waals surface area contributed by atoms with E-state index in [0.717, 1.165) is 31.0 Å². The van der Waals surface area contributed by atoms with Crippen LogP contribution in [0.15, 0.2) is 30.3 Å². The highest BCUT2D eigenvalue weighted by Crippen LogP contribution is 2.27. The maximum absolute atomic E-state index is 10.1. The number of nitrogens with zero attached hydrogens (tertiary/aromatic N) is 6. The average molecular weight is 435 g/mol. The fraction of sp³-hybridized carbons (Fsp3) is 0.450. The monoisotopic (exact) mass is 434 g/mol. The number of anilines is 1. The van der Waals surface area contributed by atoms with Gasteiger partial charge in [-0.3, -0.25) is 4.90 Å². The molecule has 4 rings (SSSR count). The van der Waals surface area contributed by atoms with Crippen molar-refractivity contribution in [2.24, 2.45) is 0 Å². The molecule has 7 nitrogen and oxygen atoms in total. The molecular weight excluding hydrogens is 411 g/mol. The van der Waals surface area contributed by atoms with Crippen molar-refractivity contribution in [3.05, 3.63) is 40.4 Å². The molecule has 1 saturated heterocycles. The predicted molar refractivity (Wildman–Crippen MR) is 116 cm³/mol. The van der Waals surface area contributed by atoms with Crippen LogP contribution in [-0.2, 0) is 0 Å². The van der Waals surface area contributed by atoms with Gasteiger partial charge in [0, 0.05) is 47.8 Å². The summed E-state index contributed by atoms with van der Waals surface area (Å²) in [5, 5.41) is 24.5. The van der Waals surface area contributed by atoms with Gasteiger partial charge in [-0.05, 0) is 51.1 Å². The third-order valence-electron chi connectivity index (χ3n) is 4.99. The first-order valence-electron chi connectivity index (χ1n) is 9.60. The Bertz CT molecular complexity index is 1010. The first-order chi connectivity index (χ1) is 13.7. The molecule has 9 heteroatoms. The standard InChI is InChI=1S/C20H24Cl2N6O/c1-13-11-26(12-20(2,3)29)6-7-27(13)18-5-4-17-23-24-19(28(17)25-18)14-8-15(21)10-16(22)9-14/h4-5,8-10,13,29H,6-7,11-12H2,1-3H3. The van der Waals surface area contributed by atoms with Crippen molar-refractivity contribution in [1.29, 1.82) is 0 Å². The van der Waals surface area contributed by atoms with Crippen molar-refractivity contribution in [1.82, 2.24) is 24.7 Å².